The summed E-state index contributed by atoms with van der Waals surface area (Å²) in [6.45, 7) is 3.53. The van der Waals surface area contributed by atoms with Crippen LogP contribution in [-0.2, 0) is 12.0 Å². The predicted octanol–water partition coefficient (Wildman–Crippen LogP) is 3.73. The Bertz CT molecular complexity index is 1360. The van der Waals surface area contributed by atoms with Crippen molar-refractivity contribution in [1.82, 2.24) is 25.0 Å². The van der Waals surface area contributed by atoms with E-state index in [0.717, 1.165) is 17.7 Å². The van der Waals surface area contributed by atoms with Crippen molar-refractivity contribution < 1.29 is 22.7 Å². The second-order valence-corrected chi connectivity index (χ2v) is 9.08. The number of pyridine rings is 1. The summed E-state index contributed by atoms with van der Waals surface area (Å²) in [7, 11) is 0. The maximum atomic E-state index is 12.8. The van der Waals surface area contributed by atoms with E-state index in [1.807, 2.05) is 29.8 Å². The molecule has 0 aliphatic carbocycles. The molecule has 186 valence electrons. The second-order valence-electron chi connectivity index (χ2n) is 9.08. The van der Waals surface area contributed by atoms with Gasteiger partial charge >= 0.3 is 12.4 Å². The Morgan fingerprint density at radius 3 is 2.67 bits per heavy atom. The molecule has 36 heavy (non-hydrogen) atoms. The fraction of sp³-hybridized carbons (Fsp3) is 0.333. The smallest absolute Gasteiger partial charge is 0.402 e. The lowest BCUT2D eigenvalue weighted by atomic mass is 9.76. The third kappa shape index (κ3) is 4.28. The molecule has 2 amide bonds. The maximum absolute atomic E-state index is 12.8. The zero-order valence-corrected chi connectivity index (χ0v) is 19.2. The Kier molecular flexibility index (Phi) is 5.50. The van der Waals surface area contributed by atoms with Crippen LogP contribution < -0.4 is 15.8 Å². The van der Waals surface area contributed by atoms with Gasteiger partial charge in [-0.2, -0.15) is 10.4 Å². The summed E-state index contributed by atoms with van der Waals surface area (Å²) in [4.78, 5) is 18.4. The molecule has 0 bridgehead atoms. The van der Waals surface area contributed by atoms with Gasteiger partial charge in [0.05, 0.1) is 23.4 Å². The number of aromatic nitrogens is 3. The molecule has 5 rings (SSSR count). The number of rotatable bonds is 4. The standard InChI is InChI=1S/C24H22F3N7O2/c1-14(16-4-2-15(10-28)3-5-16)31-22(35)33-12-23(13-33)6-7-34-20(23)9-18(32-34)17-8-19(21(29)30-11-17)36-24(25,26)27/h2-5,8-9,11,14H,6-7,12-13H2,1H3,(H2,29,30)(H,31,35)/t14-/m1/s1. The van der Waals surface area contributed by atoms with Crippen LogP contribution in [0, 0.1) is 11.3 Å². The SMILES string of the molecule is C[C@@H](NC(=O)N1CC2(CCn3nc(-c4cnc(N)c(OC(F)(F)F)c4)cc32)C1)c1ccc(C#N)cc1. The number of nitrogens with one attached hydrogen (secondary N) is 1. The molecule has 2 aliphatic heterocycles. The lowest BCUT2D eigenvalue weighted by molar-refractivity contribution is -0.274. The average molecular weight is 497 g/mol. The summed E-state index contributed by atoms with van der Waals surface area (Å²) in [5, 5.41) is 16.5. The van der Waals surface area contributed by atoms with Gasteiger partial charge in [0.1, 0.15) is 0 Å². The Morgan fingerprint density at radius 2 is 2.00 bits per heavy atom. The van der Waals surface area contributed by atoms with Crippen molar-refractivity contribution in [1.29, 1.82) is 5.26 Å². The van der Waals surface area contributed by atoms with Gasteiger partial charge in [-0.3, -0.25) is 4.68 Å². The molecule has 0 unspecified atom stereocenters. The van der Waals surface area contributed by atoms with Crippen molar-refractivity contribution in [3.05, 3.63) is 59.4 Å². The molecule has 1 spiro atoms. The Morgan fingerprint density at radius 1 is 1.28 bits per heavy atom. The topological polar surface area (TPSA) is 122 Å². The first-order valence-corrected chi connectivity index (χ1v) is 11.2. The fourth-order valence-corrected chi connectivity index (χ4v) is 4.76. The first-order chi connectivity index (χ1) is 17.1. The summed E-state index contributed by atoms with van der Waals surface area (Å²) >= 11 is 0. The monoisotopic (exact) mass is 497 g/mol. The number of nitrogens with two attached hydrogens (primary N) is 1. The van der Waals surface area contributed by atoms with Crippen molar-refractivity contribution in [3.63, 3.8) is 0 Å². The molecule has 1 fully saturated rings. The van der Waals surface area contributed by atoms with Crippen molar-refractivity contribution in [2.24, 2.45) is 0 Å². The van der Waals surface area contributed by atoms with Gasteiger partial charge in [-0.05, 0) is 43.2 Å². The van der Waals surface area contributed by atoms with E-state index < -0.39 is 12.1 Å². The number of carbonyl (C=O) groups is 1. The van der Waals surface area contributed by atoms with Crippen LogP contribution in [-0.4, -0.2) is 45.1 Å². The molecular formula is C24H22F3N7O2. The molecule has 12 heteroatoms. The molecule has 3 N–H and O–H groups in total. The van der Waals surface area contributed by atoms with Crippen LogP contribution in [0.3, 0.4) is 0 Å². The number of anilines is 1. The van der Waals surface area contributed by atoms with E-state index in [1.165, 1.54) is 12.3 Å². The normalized spacial score (nSPS) is 16.7. The van der Waals surface area contributed by atoms with E-state index in [9.17, 15) is 18.0 Å². The number of carbonyl (C=O) groups excluding carboxylic acids is 1. The highest BCUT2D eigenvalue weighted by Gasteiger charge is 2.51. The minimum absolute atomic E-state index is 0.188. The third-order valence-corrected chi connectivity index (χ3v) is 6.68. The molecule has 1 saturated heterocycles. The molecule has 9 nitrogen and oxygen atoms in total. The van der Waals surface area contributed by atoms with Gasteiger partial charge in [-0.25, -0.2) is 9.78 Å². The number of ether oxygens (including phenoxy) is 1. The number of likely N-dealkylation sites (tertiary alicyclic amines) is 1. The lowest BCUT2D eigenvalue weighted by Crippen LogP contribution is -2.62. The fourth-order valence-electron chi connectivity index (χ4n) is 4.76. The lowest BCUT2D eigenvalue weighted by Gasteiger charge is -2.47. The number of fused-ring (bicyclic) bond motifs is 2. The van der Waals surface area contributed by atoms with Crippen LogP contribution in [0.15, 0.2) is 42.6 Å². The number of hydrogen-bond donors (Lipinski definition) is 2. The summed E-state index contributed by atoms with van der Waals surface area (Å²) in [6.07, 6.45) is -2.72. The maximum Gasteiger partial charge on any atom is 0.573 e. The Labute approximate surface area is 204 Å². The van der Waals surface area contributed by atoms with E-state index in [-0.39, 0.29) is 23.3 Å². The summed E-state index contributed by atoms with van der Waals surface area (Å²) in [5.74, 6) is -0.944. The molecule has 2 aromatic heterocycles. The number of nitrogens with zero attached hydrogens (tertiary/aromatic N) is 5. The zero-order valence-electron chi connectivity index (χ0n) is 19.2. The Hall–Kier alpha value is -4.27. The number of amides is 2. The molecule has 2 aliphatic rings. The number of benzene rings is 1. The van der Waals surface area contributed by atoms with E-state index in [2.05, 4.69) is 26.2 Å². The largest absolute Gasteiger partial charge is 0.573 e. The quantitative estimate of drug-likeness (QED) is 0.567. The number of hydrogen-bond acceptors (Lipinski definition) is 6. The van der Waals surface area contributed by atoms with Gasteiger partial charge in [0.25, 0.3) is 0 Å². The molecule has 0 saturated carbocycles. The number of nitriles is 1. The second kappa shape index (κ2) is 8.44. The van der Waals surface area contributed by atoms with Gasteiger partial charge in [0.15, 0.2) is 11.6 Å². The van der Waals surface area contributed by atoms with E-state index in [1.54, 1.807) is 17.0 Å². The van der Waals surface area contributed by atoms with E-state index in [4.69, 9.17) is 11.0 Å². The van der Waals surface area contributed by atoms with E-state index >= 15 is 0 Å². The van der Waals surface area contributed by atoms with Crippen molar-refractivity contribution in [2.45, 2.75) is 37.7 Å². The number of aryl methyl sites for hydroxylation is 1. The third-order valence-electron chi connectivity index (χ3n) is 6.68. The van der Waals surface area contributed by atoms with Gasteiger partial charge in [-0.15, -0.1) is 13.2 Å². The van der Waals surface area contributed by atoms with Crippen molar-refractivity contribution in [2.75, 3.05) is 18.8 Å². The van der Waals surface area contributed by atoms with Crippen LogP contribution in [0.4, 0.5) is 23.8 Å². The van der Waals surface area contributed by atoms with Crippen molar-refractivity contribution >= 4 is 11.8 Å². The molecule has 1 atom stereocenters. The van der Waals surface area contributed by atoms with Crippen LogP contribution in [0.2, 0.25) is 0 Å². The highest BCUT2D eigenvalue weighted by Crippen LogP contribution is 2.44. The summed E-state index contributed by atoms with van der Waals surface area (Å²) in [6, 6.07) is 11.7. The number of alkyl halides is 3. The first-order valence-electron chi connectivity index (χ1n) is 11.2. The van der Waals surface area contributed by atoms with Gasteiger partial charge in [0.2, 0.25) is 0 Å². The molecular weight excluding hydrogens is 475 g/mol. The molecule has 0 radical (unpaired) electrons. The van der Waals surface area contributed by atoms with Gasteiger partial charge in [-0.1, -0.05) is 12.1 Å². The average Bonchev–Trinajstić information content (AvgIpc) is 3.38. The molecule has 4 heterocycles. The van der Waals surface area contributed by atoms with Gasteiger partial charge in [0, 0.05) is 42.5 Å². The number of nitrogen functional groups attached to an aromatic ring is 1. The van der Waals surface area contributed by atoms with Crippen LogP contribution >= 0.6 is 0 Å². The molecule has 3 aromatic rings. The Balaban J connectivity index is 1.27. The van der Waals surface area contributed by atoms with Gasteiger partial charge < -0.3 is 20.7 Å². The number of urea groups is 1. The van der Waals surface area contributed by atoms with E-state index in [0.29, 0.717) is 36.5 Å². The van der Waals surface area contributed by atoms with Crippen molar-refractivity contribution in [3.8, 4) is 23.1 Å². The zero-order chi connectivity index (χ0) is 25.7. The van der Waals surface area contributed by atoms with Crippen LogP contribution in [0.5, 0.6) is 5.75 Å². The highest BCUT2D eigenvalue weighted by atomic mass is 19.4. The minimum Gasteiger partial charge on any atom is -0.402 e. The minimum atomic E-state index is -4.89. The van der Waals surface area contributed by atoms with Crippen LogP contribution in [0.25, 0.3) is 11.3 Å². The number of halogens is 3. The van der Waals surface area contributed by atoms with Crippen LogP contribution in [0.1, 0.15) is 36.2 Å². The predicted molar refractivity (Wildman–Crippen MR) is 123 cm³/mol. The summed E-state index contributed by atoms with van der Waals surface area (Å²) in [5.41, 5.74) is 8.46. The first kappa shape index (κ1) is 23.5. The summed E-state index contributed by atoms with van der Waals surface area (Å²) < 4.78 is 43.8. The molecule has 1 aromatic carbocycles. The highest BCUT2D eigenvalue weighted by molar-refractivity contribution is 5.76.